The van der Waals surface area contributed by atoms with Crippen molar-refractivity contribution in [3.8, 4) is 22.9 Å². The van der Waals surface area contributed by atoms with Crippen LogP contribution in [0.5, 0.6) is 0 Å². The fourth-order valence-corrected chi connectivity index (χ4v) is 5.08. The Kier molecular flexibility index (Phi) is 6.23. The van der Waals surface area contributed by atoms with Gasteiger partial charge in [-0.05, 0) is 18.4 Å². The molecule has 0 spiro atoms. The van der Waals surface area contributed by atoms with Crippen molar-refractivity contribution in [3.05, 3.63) is 29.0 Å². The summed E-state index contributed by atoms with van der Waals surface area (Å²) in [6.07, 6.45) is 9.93. The van der Waals surface area contributed by atoms with Gasteiger partial charge < -0.3 is 25.4 Å². The molecule has 4 N–H and O–H groups in total. The second-order valence-electron chi connectivity index (χ2n) is 7.85. The molecule has 31 heavy (non-hydrogen) atoms. The first-order chi connectivity index (χ1) is 15.0. The molecule has 1 aliphatic heterocycles. The number of hydrogen-bond donors (Lipinski definition) is 4. The third-order valence-electron chi connectivity index (χ3n) is 5.50. The first-order valence-electron chi connectivity index (χ1n) is 10.2. The Labute approximate surface area is 184 Å². The van der Waals surface area contributed by atoms with Gasteiger partial charge >= 0.3 is 0 Å². The number of pyridine rings is 1. The number of anilines is 1. The number of H-pyrrole nitrogens is 1. The Morgan fingerprint density at radius 1 is 1.42 bits per heavy atom. The normalized spacial score (nSPS) is 18.8. The van der Waals surface area contributed by atoms with Crippen LogP contribution in [-0.2, 0) is 18.0 Å². The van der Waals surface area contributed by atoms with E-state index in [-0.39, 0.29) is 31.6 Å². The molecule has 9 heteroatoms. The number of carbonyl (C=O) groups excluding carboxylic acids is 1. The van der Waals surface area contributed by atoms with Crippen LogP contribution in [0.15, 0.2) is 18.5 Å². The van der Waals surface area contributed by atoms with E-state index in [1.165, 1.54) is 11.3 Å². The first-order valence-corrected chi connectivity index (χ1v) is 11.0. The van der Waals surface area contributed by atoms with E-state index in [1.807, 2.05) is 17.2 Å². The molecule has 1 aliphatic rings. The summed E-state index contributed by atoms with van der Waals surface area (Å²) < 4.78 is 0. The molecule has 0 radical (unpaired) electrons. The number of nitrogens with one attached hydrogen (secondary N) is 2. The molecule has 1 amide bonds. The van der Waals surface area contributed by atoms with Crippen molar-refractivity contribution >= 4 is 34.0 Å². The smallest absolute Gasteiger partial charge is 0.234 e. The Morgan fingerprint density at radius 3 is 2.97 bits per heavy atom. The van der Waals surface area contributed by atoms with Crippen LogP contribution in [0.1, 0.15) is 30.3 Å². The minimum Gasteiger partial charge on any atom is -0.391 e. The number of fused-ring (bicyclic) bond motifs is 1. The van der Waals surface area contributed by atoms with Crippen molar-refractivity contribution in [2.45, 2.75) is 39.0 Å². The zero-order chi connectivity index (χ0) is 22.0. The summed E-state index contributed by atoms with van der Waals surface area (Å²) in [5.41, 5.74) is 2.89. The van der Waals surface area contributed by atoms with E-state index in [0.717, 1.165) is 28.7 Å². The quantitative estimate of drug-likeness (QED) is 0.439. The van der Waals surface area contributed by atoms with Gasteiger partial charge in [-0.15, -0.1) is 17.8 Å². The first kappa shape index (κ1) is 21.3. The van der Waals surface area contributed by atoms with E-state index in [4.69, 9.17) is 6.42 Å². The van der Waals surface area contributed by atoms with Crippen molar-refractivity contribution in [2.24, 2.45) is 5.92 Å². The number of nitrogens with zero attached hydrogens (tertiary/aromatic N) is 3. The molecule has 1 fully saturated rings. The minimum absolute atomic E-state index is 0.0253. The number of likely N-dealkylation sites (tertiary alicyclic amines) is 1. The molecular weight excluding hydrogens is 414 g/mol. The molecule has 0 aliphatic carbocycles. The van der Waals surface area contributed by atoms with Gasteiger partial charge in [0, 0.05) is 36.9 Å². The van der Waals surface area contributed by atoms with Crippen molar-refractivity contribution in [1.82, 2.24) is 19.9 Å². The average molecular weight is 440 g/mol. The number of aliphatic hydroxyl groups excluding tert-OH is 2. The summed E-state index contributed by atoms with van der Waals surface area (Å²) >= 11 is 1.34. The van der Waals surface area contributed by atoms with E-state index in [9.17, 15) is 15.0 Å². The fraction of sp³-hybridized carbons (Fsp3) is 0.409. The second kappa shape index (κ2) is 9.06. The van der Waals surface area contributed by atoms with Gasteiger partial charge in [0.05, 0.1) is 41.5 Å². The van der Waals surface area contributed by atoms with Crippen molar-refractivity contribution < 1.29 is 15.0 Å². The summed E-state index contributed by atoms with van der Waals surface area (Å²) in [4.78, 5) is 27.0. The lowest BCUT2D eigenvalue weighted by molar-refractivity contribution is -0.131. The molecule has 0 unspecified atom stereocenters. The molecular formula is C22H25N5O3S. The molecule has 2 atom stereocenters. The topological polar surface area (TPSA) is 114 Å². The second-order valence-corrected chi connectivity index (χ2v) is 8.94. The van der Waals surface area contributed by atoms with Gasteiger partial charge in [0.2, 0.25) is 5.91 Å². The number of aromatic nitrogens is 3. The Morgan fingerprint density at radius 2 is 2.26 bits per heavy atom. The fourth-order valence-electron chi connectivity index (χ4n) is 4.13. The predicted octanol–water partition coefficient (Wildman–Crippen LogP) is 2.34. The highest BCUT2D eigenvalue weighted by molar-refractivity contribution is 7.15. The van der Waals surface area contributed by atoms with Gasteiger partial charge in [-0.1, -0.05) is 12.8 Å². The lowest BCUT2D eigenvalue weighted by atomic mass is 9.95. The van der Waals surface area contributed by atoms with Gasteiger partial charge in [0.25, 0.3) is 0 Å². The van der Waals surface area contributed by atoms with Gasteiger partial charge in [-0.25, -0.2) is 9.97 Å². The standard InChI is InChI=1S/C22H25N5O3S/c1-3-4-19(30)27-9-13(2)7-14(10-27)25-20-15-5-6-23-21(15)24-8-16(20)22-26-17(11-28)18(12-29)31-22/h1,5-6,8,13-14,28-29H,4,7,9-12H2,2H3,(H2,23,24,25)/t13-,14+/m0/s1. The lowest BCUT2D eigenvalue weighted by Gasteiger charge is -2.37. The van der Waals surface area contributed by atoms with E-state index in [1.54, 1.807) is 6.20 Å². The van der Waals surface area contributed by atoms with Crippen LogP contribution in [0.3, 0.4) is 0 Å². The highest BCUT2D eigenvalue weighted by Gasteiger charge is 2.29. The number of piperidine rings is 1. The zero-order valence-corrected chi connectivity index (χ0v) is 18.1. The Hall–Kier alpha value is -2.93. The molecule has 3 aromatic rings. The van der Waals surface area contributed by atoms with E-state index < -0.39 is 0 Å². The maximum atomic E-state index is 12.4. The molecule has 1 saturated heterocycles. The Balaban J connectivity index is 1.70. The van der Waals surface area contributed by atoms with E-state index in [0.29, 0.717) is 34.6 Å². The van der Waals surface area contributed by atoms with Crippen molar-refractivity contribution in [3.63, 3.8) is 0 Å². The molecule has 4 heterocycles. The highest BCUT2D eigenvalue weighted by Crippen LogP contribution is 2.38. The van der Waals surface area contributed by atoms with Gasteiger partial charge in [-0.2, -0.15) is 0 Å². The number of aliphatic hydroxyl groups is 2. The van der Waals surface area contributed by atoms with Gasteiger partial charge in [-0.3, -0.25) is 4.79 Å². The average Bonchev–Trinajstić information content (AvgIpc) is 3.40. The number of carbonyl (C=O) groups is 1. The monoisotopic (exact) mass is 439 g/mol. The summed E-state index contributed by atoms with van der Waals surface area (Å²) in [5, 5.41) is 24.4. The third kappa shape index (κ3) is 4.28. The van der Waals surface area contributed by atoms with Crippen LogP contribution in [0.25, 0.3) is 21.6 Å². The maximum absolute atomic E-state index is 12.4. The minimum atomic E-state index is -0.235. The molecule has 4 rings (SSSR count). The van der Waals surface area contributed by atoms with Crippen LogP contribution >= 0.6 is 11.3 Å². The number of aromatic amines is 1. The molecule has 162 valence electrons. The molecule has 0 bridgehead atoms. The summed E-state index contributed by atoms with van der Waals surface area (Å²) in [6.45, 7) is 2.99. The van der Waals surface area contributed by atoms with Gasteiger partial charge in [0.1, 0.15) is 10.7 Å². The number of thiazole rings is 1. The highest BCUT2D eigenvalue weighted by atomic mass is 32.1. The SMILES string of the molecule is C#CCC(=O)N1C[C@@H](C)C[C@@H](Nc2c(-c3nc(CO)c(CO)s3)cnc3[nH]ccc23)C1. The summed E-state index contributed by atoms with van der Waals surface area (Å²) in [7, 11) is 0. The summed E-state index contributed by atoms with van der Waals surface area (Å²) in [5.74, 6) is 2.75. The third-order valence-corrected chi connectivity index (χ3v) is 6.62. The van der Waals surface area contributed by atoms with Crippen molar-refractivity contribution in [2.75, 3.05) is 18.4 Å². The number of rotatable bonds is 6. The molecule has 0 aromatic carbocycles. The number of terminal acetylenes is 1. The summed E-state index contributed by atoms with van der Waals surface area (Å²) in [6, 6.07) is 1.99. The Bertz CT molecular complexity index is 1110. The van der Waals surface area contributed by atoms with Crippen LogP contribution < -0.4 is 5.32 Å². The van der Waals surface area contributed by atoms with Crippen molar-refractivity contribution in [1.29, 1.82) is 0 Å². The van der Waals surface area contributed by atoms with Crippen LogP contribution in [0.2, 0.25) is 0 Å². The predicted molar refractivity (Wildman–Crippen MR) is 120 cm³/mol. The largest absolute Gasteiger partial charge is 0.391 e. The molecule has 0 saturated carbocycles. The zero-order valence-electron chi connectivity index (χ0n) is 17.3. The lowest BCUT2D eigenvalue weighted by Crippen LogP contribution is -2.48. The number of hydrogen-bond acceptors (Lipinski definition) is 7. The van der Waals surface area contributed by atoms with E-state index in [2.05, 4.69) is 33.1 Å². The van der Waals surface area contributed by atoms with Gasteiger partial charge in [0.15, 0.2) is 0 Å². The number of amides is 1. The molecule has 3 aromatic heterocycles. The van der Waals surface area contributed by atoms with Crippen LogP contribution in [-0.4, -0.2) is 55.1 Å². The van der Waals surface area contributed by atoms with Crippen LogP contribution in [0.4, 0.5) is 5.69 Å². The molecule has 8 nitrogen and oxygen atoms in total. The maximum Gasteiger partial charge on any atom is 0.234 e. The van der Waals surface area contributed by atoms with E-state index >= 15 is 0 Å². The van der Waals surface area contributed by atoms with Crippen LogP contribution in [0, 0.1) is 18.3 Å².